The standard InChI is InChI=1S/C12H12BrCl2N3/c1-7(2)18-10(6-13)16-17-12(18)11-8(14)4-3-5-9(11)15/h3-5,7H,6H2,1-2H3. The van der Waals surface area contributed by atoms with Gasteiger partial charge in [-0.05, 0) is 26.0 Å². The Morgan fingerprint density at radius 2 is 1.83 bits per heavy atom. The smallest absolute Gasteiger partial charge is 0.167 e. The van der Waals surface area contributed by atoms with Gasteiger partial charge in [0.2, 0.25) is 0 Å². The summed E-state index contributed by atoms with van der Waals surface area (Å²) < 4.78 is 2.03. The predicted octanol–water partition coefficient (Wildman–Crippen LogP) is 4.73. The van der Waals surface area contributed by atoms with Gasteiger partial charge in [-0.25, -0.2) is 0 Å². The molecule has 96 valence electrons. The van der Waals surface area contributed by atoms with E-state index in [-0.39, 0.29) is 6.04 Å². The fourth-order valence-corrected chi connectivity index (χ4v) is 2.79. The van der Waals surface area contributed by atoms with Crippen LogP contribution < -0.4 is 0 Å². The van der Waals surface area contributed by atoms with E-state index in [4.69, 9.17) is 23.2 Å². The van der Waals surface area contributed by atoms with Crippen LogP contribution in [0.5, 0.6) is 0 Å². The van der Waals surface area contributed by atoms with Gasteiger partial charge in [0.25, 0.3) is 0 Å². The summed E-state index contributed by atoms with van der Waals surface area (Å²) in [4.78, 5) is 0. The molecule has 0 aliphatic heterocycles. The van der Waals surface area contributed by atoms with Gasteiger partial charge < -0.3 is 4.57 Å². The highest BCUT2D eigenvalue weighted by atomic mass is 79.9. The Labute approximate surface area is 124 Å². The monoisotopic (exact) mass is 347 g/mol. The Morgan fingerprint density at radius 3 is 2.33 bits per heavy atom. The van der Waals surface area contributed by atoms with Gasteiger partial charge in [-0.15, -0.1) is 10.2 Å². The Bertz CT molecular complexity index is 546. The average Bonchev–Trinajstić information content (AvgIpc) is 2.72. The van der Waals surface area contributed by atoms with Crippen molar-refractivity contribution in [2.24, 2.45) is 0 Å². The first-order valence-corrected chi connectivity index (χ1v) is 7.38. The SMILES string of the molecule is CC(C)n1c(CBr)nnc1-c1c(Cl)cccc1Cl. The van der Waals surface area contributed by atoms with Gasteiger partial charge >= 0.3 is 0 Å². The van der Waals surface area contributed by atoms with Crippen molar-refractivity contribution in [1.82, 2.24) is 14.8 Å². The van der Waals surface area contributed by atoms with Crippen LogP contribution in [0.25, 0.3) is 11.4 Å². The van der Waals surface area contributed by atoms with Crippen LogP contribution in [0.1, 0.15) is 25.7 Å². The molecule has 0 spiro atoms. The molecule has 0 atom stereocenters. The van der Waals surface area contributed by atoms with Crippen LogP contribution in [-0.4, -0.2) is 14.8 Å². The summed E-state index contributed by atoms with van der Waals surface area (Å²) in [6.45, 7) is 4.15. The van der Waals surface area contributed by atoms with E-state index in [9.17, 15) is 0 Å². The van der Waals surface area contributed by atoms with Gasteiger partial charge in [-0.1, -0.05) is 45.2 Å². The van der Waals surface area contributed by atoms with E-state index in [2.05, 4.69) is 40.0 Å². The van der Waals surface area contributed by atoms with E-state index in [1.165, 1.54) is 0 Å². The third-order valence-corrected chi connectivity index (χ3v) is 3.72. The molecule has 6 heteroatoms. The third kappa shape index (κ3) is 2.42. The zero-order valence-electron chi connectivity index (χ0n) is 9.99. The third-order valence-electron chi connectivity index (χ3n) is 2.59. The normalized spacial score (nSPS) is 11.2. The van der Waals surface area contributed by atoms with Gasteiger partial charge in [-0.3, -0.25) is 0 Å². The molecular weight excluding hydrogens is 337 g/mol. The van der Waals surface area contributed by atoms with E-state index in [1.54, 1.807) is 12.1 Å². The number of hydrogen-bond acceptors (Lipinski definition) is 2. The Kier molecular flexibility index (Phi) is 4.30. The van der Waals surface area contributed by atoms with Crippen molar-refractivity contribution in [2.75, 3.05) is 0 Å². The van der Waals surface area contributed by atoms with Crippen molar-refractivity contribution >= 4 is 39.1 Å². The molecule has 0 aliphatic rings. The first-order chi connectivity index (χ1) is 8.56. The quantitative estimate of drug-likeness (QED) is 0.751. The van der Waals surface area contributed by atoms with Crippen LogP contribution in [0, 0.1) is 0 Å². The molecule has 0 radical (unpaired) electrons. The highest BCUT2D eigenvalue weighted by molar-refractivity contribution is 9.08. The minimum Gasteiger partial charge on any atom is -0.308 e. The van der Waals surface area contributed by atoms with Crippen LogP contribution in [-0.2, 0) is 5.33 Å². The Morgan fingerprint density at radius 1 is 1.22 bits per heavy atom. The summed E-state index contributed by atoms with van der Waals surface area (Å²) in [5.41, 5.74) is 0.731. The lowest BCUT2D eigenvalue weighted by molar-refractivity contribution is 0.586. The van der Waals surface area contributed by atoms with Crippen molar-refractivity contribution in [3.8, 4) is 11.4 Å². The van der Waals surface area contributed by atoms with Gasteiger partial charge in [0.05, 0.1) is 20.9 Å². The highest BCUT2D eigenvalue weighted by Crippen LogP contribution is 2.35. The number of aromatic nitrogens is 3. The lowest BCUT2D eigenvalue weighted by atomic mass is 10.2. The van der Waals surface area contributed by atoms with Crippen molar-refractivity contribution in [3.63, 3.8) is 0 Å². The fraction of sp³-hybridized carbons (Fsp3) is 0.333. The Balaban J connectivity index is 2.68. The van der Waals surface area contributed by atoms with Crippen molar-refractivity contribution in [2.45, 2.75) is 25.2 Å². The van der Waals surface area contributed by atoms with Gasteiger partial charge in [0.1, 0.15) is 5.82 Å². The molecule has 1 heterocycles. The molecule has 0 amide bonds. The predicted molar refractivity (Wildman–Crippen MR) is 78.5 cm³/mol. The maximum atomic E-state index is 6.22. The number of nitrogens with zero attached hydrogens (tertiary/aromatic N) is 3. The fourth-order valence-electron chi connectivity index (χ4n) is 1.84. The second-order valence-electron chi connectivity index (χ2n) is 4.13. The molecule has 1 aromatic carbocycles. The van der Waals surface area contributed by atoms with Crippen molar-refractivity contribution in [3.05, 3.63) is 34.1 Å². The summed E-state index contributed by atoms with van der Waals surface area (Å²) in [6.07, 6.45) is 0. The van der Waals surface area contributed by atoms with Crippen LogP contribution >= 0.6 is 39.1 Å². The van der Waals surface area contributed by atoms with Gasteiger partial charge in [-0.2, -0.15) is 0 Å². The molecule has 2 aromatic rings. The number of benzene rings is 1. The van der Waals surface area contributed by atoms with E-state index in [1.807, 2.05) is 10.6 Å². The summed E-state index contributed by atoms with van der Waals surface area (Å²) in [7, 11) is 0. The number of rotatable bonds is 3. The number of hydrogen-bond donors (Lipinski definition) is 0. The molecule has 0 N–H and O–H groups in total. The maximum Gasteiger partial charge on any atom is 0.167 e. The lowest BCUT2D eigenvalue weighted by Gasteiger charge is -2.14. The molecule has 0 aliphatic carbocycles. The molecule has 0 bridgehead atoms. The molecular formula is C12H12BrCl2N3. The number of alkyl halides is 1. The van der Waals surface area contributed by atoms with E-state index in [0.717, 1.165) is 11.4 Å². The van der Waals surface area contributed by atoms with Gasteiger partial charge in [0.15, 0.2) is 5.82 Å². The maximum absolute atomic E-state index is 6.22. The van der Waals surface area contributed by atoms with Crippen molar-refractivity contribution in [1.29, 1.82) is 0 Å². The summed E-state index contributed by atoms with van der Waals surface area (Å²) in [5, 5.41) is 10.2. The molecule has 0 unspecified atom stereocenters. The van der Waals surface area contributed by atoms with Crippen LogP contribution in [0.4, 0.5) is 0 Å². The first kappa shape index (κ1) is 13.8. The minimum atomic E-state index is 0.231. The largest absolute Gasteiger partial charge is 0.308 e. The van der Waals surface area contributed by atoms with E-state index >= 15 is 0 Å². The second-order valence-corrected chi connectivity index (χ2v) is 5.51. The molecule has 2 rings (SSSR count). The van der Waals surface area contributed by atoms with Crippen LogP contribution in [0.2, 0.25) is 10.0 Å². The van der Waals surface area contributed by atoms with E-state index in [0.29, 0.717) is 21.2 Å². The van der Waals surface area contributed by atoms with Crippen LogP contribution in [0.15, 0.2) is 18.2 Å². The molecule has 0 fully saturated rings. The van der Waals surface area contributed by atoms with Crippen molar-refractivity contribution < 1.29 is 0 Å². The van der Waals surface area contributed by atoms with Crippen LogP contribution in [0.3, 0.4) is 0 Å². The summed E-state index contributed by atoms with van der Waals surface area (Å²) in [6, 6.07) is 5.65. The molecule has 3 nitrogen and oxygen atoms in total. The van der Waals surface area contributed by atoms with E-state index < -0.39 is 0 Å². The summed E-state index contributed by atoms with van der Waals surface area (Å²) >= 11 is 15.8. The molecule has 0 saturated carbocycles. The second kappa shape index (κ2) is 5.59. The lowest BCUT2D eigenvalue weighted by Crippen LogP contribution is -2.07. The average molecular weight is 349 g/mol. The number of halogens is 3. The zero-order valence-corrected chi connectivity index (χ0v) is 13.1. The minimum absolute atomic E-state index is 0.231. The Hall–Kier alpha value is -0.580. The molecule has 1 aromatic heterocycles. The molecule has 0 saturated heterocycles. The highest BCUT2D eigenvalue weighted by Gasteiger charge is 2.19. The summed E-state index contributed by atoms with van der Waals surface area (Å²) in [5.74, 6) is 1.56. The zero-order chi connectivity index (χ0) is 13.3. The first-order valence-electron chi connectivity index (χ1n) is 5.50. The van der Waals surface area contributed by atoms with Gasteiger partial charge in [0, 0.05) is 6.04 Å². The topological polar surface area (TPSA) is 30.7 Å². The molecule has 18 heavy (non-hydrogen) atoms.